The summed E-state index contributed by atoms with van der Waals surface area (Å²) in [5.74, 6) is 0.117. The molecule has 0 spiro atoms. The fourth-order valence-electron chi connectivity index (χ4n) is 1.92. The van der Waals surface area contributed by atoms with E-state index in [9.17, 15) is 8.42 Å². The minimum Gasteiger partial charge on any atom is -0.286 e. The molecular formula is C9H18O3S. The molecule has 0 heterocycles. The van der Waals surface area contributed by atoms with E-state index in [-0.39, 0.29) is 11.7 Å². The van der Waals surface area contributed by atoms with Gasteiger partial charge in [-0.05, 0) is 37.0 Å². The smallest absolute Gasteiger partial charge is 0.265 e. The van der Waals surface area contributed by atoms with Crippen LogP contribution in [0.3, 0.4) is 0 Å². The lowest BCUT2D eigenvalue weighted by Crippen LogP contribution is -2.25. The second-order valence-electron chi connectivity index (χ2n) is 4.86. The van der Waals surface area contributed by atoms with Crippen molar-refractivity contribution in [1.29, 1.82) is 0 Å². The molecule has 0 aliphatic heterocycles. The number of hydrogen-bond acceptors (Lipinski definition) is 2. The summed E-state index contributed by atoms with van der Waals surface area (Å²) in [4.78, 5) is 0. The van der Waals surface area contributed by atoms with Crippen LogP contribution in [0, 0.1) is 11.3 Å². The van der Waals surface area contributed by atoms with E-state index in [1.807, 2.05) is 0 Å². The number of hydrogen-bond donors (Lipinski definition) is 1. The molecular weight excluding hydrogens is 188 g/mol. The van der Waals surface area contributed by atoms with E-state index in [1.54, 1.807) is 0 Å². The summed E-state index contributed by atoms with van der Waals surface area (Å²) >= 11 is 0. The fourth-order valence-corrected chi connectivity index (χ4v) is 2.85. The lowest BCUT2D eigenvalue weighted by molar-refractivity contribution is 0.200. The molecule has 0 atom stereocenters. The van der Waals surface area contributed by atoms with Crippen LogP contribution in [0.15, 0.2) is 0 Å². The third-order valence-corrected chi connectivity index (χ3v) is 3.80. The van der Waals surface area contributed by atoms with Crippen molar-refractivity contribution in [3.8, 4) is 0 Å². The first kappa shape index (κ1) is 11.0. The molecule has 4 heteroatoms. The van der Waals surface area contributed by atoms with Gasteiger partial charge in [0.05, 0.1) is 5.75 Å². The molecule has 1 fully saturated rings. The largest absolute Gasteiger partial charge is 0.286 e. The molecule has 1 saturated carbocycles. The van der Waals surface area contributed by atoms with Gasteiger partial charge in [0.2, 0.25) is 0 Å². The van der Waals surface area contributed by atoms with Gasteiger partial charge in [-0.2, -0.15) is 8.42 Å². The Balaban J connectivity index is 2.43. The van der Waals surface area contributed by atoms with Crippen molar-refractivity contribution in [2.45, 2.75) is 39.5 Å². The fraction of sp³-hybridized carbons (Fsp3) is 1.00. The molecule has 1 rings (SSSR count). The minimum atomic E-state index is -3.76. The summed E-state index contributed by atoms with van der Waals surface area (Å²) in [5, 5.41) is 0. The molecule has 3 nitrogen and oxygen atoms in total. The van der Waals surface area contributed by atoms with Crippen molar-refractivity contribution < 1.29 is 13.0 Å². The molecule has 13 heavy (non-hydrogen) atoms. The van der Waals surface area contributed by atoms with Gasteiger partial charge in [0, 0.05) is 0 Å². The zero-order chi connectivity index (χ0) is 10.1. The van der Waals surface area contributed by atoms with Crippen LogP contribution in [0.25, 0.3) is 0 Å². The Morgan fingerprint density at radius 1 is 1.31 bits per heavy atom. The molecule has 78 valence electrons. The Bertz CT molecular complexity index is 257. The van der Waals surface area contributed by atoms with E-state index >= 15 is 0 Å². The molecule has 1 aliphatic rings. The van der Waals surface area contributed by atoms with Crippen molar-refractivity contribution in [1.82, 2.24) is 0 Å². The van der Waals surface area contributed by atoms with E-state index in [0.29, 0.717) is 5.41 Å². The first-order valence-electron chi connectivity index (χ1n) is 4.74. The van der Waals surface area contributed by atoms with E-state index in [1.165, 1.54) is 0 Å². The van der Waals surface area contributed by atoms with E-state index in [0.717, 1.165) is 25.7 Å². The molecule has 0 radical (unpaired) electrons. The Kier molecular flexibility index (Phi) is 3.02. The molecule has 1 aliphatic carbocycles. The van der Waals surface area contributed by atoms with Gasteiger partial charge in [-0.25, -0.2) is 0 Å². The summed E-state index contributed by atoms with van der Waals surface area (Å²) in [5.41, 5.74) is 0.357. The zero-order valence-corrected chi connectivity index (χ0v) is 9.10. The van der Waals surface area contributed by atoms with Crippen molar-refractivity contribution in [3.05, 3.63) is 0 Å². The topological polar surface area (TPSA) is 54.4 Å². The van der Waals surface area contributed by atoms with E-state index in [2.05, 4.69) is 13.8 Å². The van der Waals surface area contributed by atoms with Gasteiger partial charge in [0.25, 0.3) is 10.1 Å². The highest BCUT2D eigenvalue weighted by atomic mass is 32.2. The minimum absolute atomic E-state index is 0.0525. The maximum atomic E-state index is 10.6. The van der Waals surface area contributed by atoms with Crippen LogP contribution in [0.1, 0.15) is 39.5 Å². The monoisotopic (exact) mass is 206 g/mol. The third-order valence-electron chi connectivity index (χ3n) is 2.91. The SMILES string of the molecule is CC1(C)CCC(CS(=O)(=O)O)CC1. The van der Waals surface area contributed by atoms with Crippen LogP contribution in [0.2, 0.25) is 0 Å². The average molecular weight is 206 g/mol. The second-order valence-corrected chi connectivity index (χ2v) is 6.35. The van der Waals surface area contributed by atoms with Crippen LogP contribution in [0.5, 0.6) is 0 Å². The summed E-state index contributed by atoms with van der Waals surface area (Å²) in [7, 11) is -3.76. The van der Waals surface area contributed by atoms with Gasteiger partial charge in [0.15, 0.2) is 0 Å². The van der Waals surface area contributed by atoms with Crippen LogP contribution in [0.4, 0.5) is 0 Å². The standard InChI is InChI=1S/C9H18O3S/c1-9(2)5-3-8(4-6-9)7-13(10,11)12/h8H,3-7H2,1-2H3,(H,10,11,12). The summed E-state index contributed by atoms with van der Waals surface area (Å²) in [6.07, 6.45) is 3.97. The van der Waals surface area contributed by atoms with Crippen LogP contribution in [-0.2, 0) is 10.1 Å². The lowest BCUT2D eigenvalue weighted by Gasteiger charge is -2.33. The highest BCUT2D eigenvalue weighted by Gasteiger charge is 2.28. The third kappa shape index (κ3) is 4.09. The predicted octanol–water partition coefficient (Wildman–Crippen LogP) is 2.09. The molecule has 0 aromatic rings. The molecule has 0 aromatic heterocycles. The van der Waals surface area contributed by atoms with Crippen LogP contribution < -0.4 is 0 Å². The number of rotatable bonds is 2. The maximum Gasteiger partial charge on any atom is 0.265 e. The molecule has 0 unspecified atom stereocenters. The lowest BCUT2D eigenvalue weighted by atomic mass is 9.74. The Hall–Kier alpha value is -0.0900. The van der Waals surface area contributed by atoms with Gasteiger partial charge in [0.1, 0.15) is 0 Å². The van der Waals surface area contributed by atoms with Crippen molar-refractivity contribution in [3.63, 3.8) is 0 Å². The normalized spacial score (nSPS) is 24.5. The Labute approximate surface area is 80.3 Å². The van der Waals surface area contributed by atoms with Crippen molar-refractivity contribution >= 4 is 10.1 Å². The van der Waals surface area contributed by atoms with Gasteiger partial charge < -0.3 is 0 Å². The predicted molar refractivity (Wildman–Crippen MR) is 52.2 cm³/mol. The summed E-state index contributed by atoms with van der Waals surface area (Å²) < 4.78 is 29.9. The van der Waals surface area contributed by atoms with Gasteiger partial charge in [-0.1, -0.05) is 13.8 Å². The highest BCUT2D eigenvalue weighted by molar-refractivity contribution is 7.85. The molecule has 0 aromatic carbocycles. The average Bonchev–Trinajstić information content (AvgIpc) is 1.91. The quantitative estimate of drug-likeness (QED) is 0.704. The molecule has 0 amide bonds. The van der Waals surface area contributed by atoms with Crippen molar-refractivity contribution in [2.75, 3.05) is 5.75 Å². The van der Waals surface area contributed by atoms with Crippen LogP contribution in [-0.4, -0.2) is 18.7 Å². The first-order valence-corrected chi connectivity index (χ1v) is 6.35. The zero-order valence-electron chi connectivity index (χ0n) is 8.28. The Morgan fingerprint density at radius 2 is 1.77 bits per heavy atom. The van der Waals surface area contributed by atoms with Gasteiger partial charge in [-0.15, -0.1) is 0 Å². The second kappa shape index (κ2) is 3.58. The highest BCUT2D eigenvalue weighted by Crippen LogP contribution is 2.38. The molecule has 0 saturated heterocycles. The summed E-state index contributed by atoms with van der Waals surface area (Å²) in [6, 6.07) is 0. The Morgan fingerprint density at radius 3 is 2.15 bits per heavy atom. The van der Waals surface area contributed by atoms with Crippen molar-refractivity contribution in [2.24, 2.45) is 11.3 Å². The molecule has 0 bridgehead atoms. The van der Waals surface area contributed by atoms with Gasteiger partial charge >= 0.3 is 0 Å². The van der Waals surface area contributed by atoms with Crippen LogP contribution >= 0.6 is 0 Å². The summed E-state index contributed by atoms with van der Waals surface area (Å²) in [6.45, 7) is 4.41. The van der Waals surface area contributed by atoms with E-state index in [4.69, 9.17) is 4.55 Å². The van der Waals surface area contributed by atoms with Gasteiger partial charge in [-0.3, -0.25) is 4.55 Å². The first-order chi connectivity index (χ1) is 5.79. The molecule has 1 N–H and O–H groups in total. The maximum absolute atomic E-state index is 10.6. The van der Waals surface area contributed by atoms with E-state index < -0.39 is 10.1 Å².